The van der Waals surface area contributed by atoms with Gasteiger partial charge >= 0.3 is 0 Å². The second-order valence-corrected chi connectivity index (χ2v) is 3.71. The minimum absolute atomic E-state index is 0.240. The van der Waals surface area contributed by atoms with Crippen molar-refractivity contribution in [3.05, 3.63) is 29.8 Å². The first kappa shape index (κ1) is 13.0. The highest BCUT2D eigenvalue weighted by atomic mass is 16.5. The molecule has 0 aliphatic heterocycles. The molecule has 0 aliphatic carbocycles. The summed E-state index contributed by atoms with van der Waals surface area (Å²) in [4.78, 5) is 0. The number of aliphatic hydroxyl groups excluding tert-OH is 1. The van der Waals surface area contributed by atoms with E-state index in [2.05, 4.69) is 24.4 Å². The number of rotatable bonds is 8. The quantitative estimate of drug-likeness (QED) is 0.662. The second kappa shape index (κ2) is 8.13. The molecule has 0 bridgehead atoms. The first-order chi connectivity index (χ1) is 7.86. The molecule has 0 aliphatic rings. The van der Waals surface area contributed by atoms with Crippen molar-refractivity contribution in [2.45, 2.75) is 26.3 Å². The number of benzene rings is 1. The Morgan fingerprint density at radius 3 is 2.94 bits per heavy atom. The van der Waals surface area contributed by atoms with Gasteiger partial charge in [-0.1, -0.05) is 19.1 Å². The molecule has 0 heterocycles. The van der Waals surface area contributed by atoms with E-state index in [4.69, 9.17) is 9.84 Å². The van der Waals surface area contributed by atoms with Crippen molar-refractivity contribution in [1.82, 2.24) is 5.32 Å². The van der Waals surface area contributed by atoms with Crippen molar-refractivity contribution in [2.24, 2.45) is 0 Å². The molecule has 0 amide bonds. The highest BCUT2D eigenvalue weighted by Gasteiger charge is 1.96. The zero-order chi connectivity index (χ0) is 11.6. The molecule has 1 aromatic carbocycles. The van der Waals surface area contributed by atoms with Gasteiger partial charge in [0, 0.05) is 13.2 Å². The standard InChI is InChI=1S/C13H21NO2/c1-2-14-11-12-6-5-7-13(10-12)16-9-4-3-8-15/h5-7,10,14-15H,2-4,8-9,11H2,1H3. The summed E-state index contributed by atoms with van der Waals surface area (Å²) in [7, 11) is 0. The lowest BCUT2D eigenvalue weighted by atomic mass is 10.2. The topological polar surface area (TPSA) is 41.5 Å². The number of nitrogens with one attached hydrogen (secondary N) is 1. The summed E-state index contributed by atoms with van der Waals surface area (Å²) in [5, 5.41) is 11.9. The third-order valence-electron chi connectivity index (χ3n) is 2.30. The molecule has 1 aromatic rings. The molecule has 0 aromatic heterocycles. The van der Waals surface area contributed by atoms with E-state index in [1.54, 1.807) is 0 Å². The molecule has 1 rings (SSSR count). The van der Waals surface area contributed by atoms with Gasteiger partial charge in [-0.25, -0.2) is 0 Å². The van der Waals surface area contributed by atoms with Crippen LogP contribution in [-0.4, -0.2) is 24.9 Å². The first-order valence-corrected chi connectivity index (χ1v) is 5.90. The van der Waals surface area contributed by atoms with Crippen molar-refractivity contribution < 1.29 is 9.84 Å². The lowest BCUT2D eigenvalue weighted by molar-refractivity contribution is 0.253. The molecule has 3 nitrogen and oxygen atoms in total. The summed E-state index contributed by atoms with van der Waals surface area (Å²) < 4.78 is 5.59. The largest absolute Gasteiger partial charge is 0.494 e. The van der Waals surface area contributed by atoms with Crippen LogP contribution >= 0.6 is 0 Å². The van der Waals surface area contributed by atoms with E-state index in [1.165, 1.54) is 5.56 Å². The van der Waals surface area contributed by atoms with E-state index < -0.39 is 0 Å². The van der Waals surface area contributed by atoms with Gasteiger partial charge in [0.25, 0.3) is 0 Å². The zero-order valence-electron chi connectivity index (χ0n) is 9.91. The zero-order valence-corrected chi connectivity index (χ0v) is 9.91. The molecular formula is C13H21NO2. The average molecular weight is 223 g/mol. The van der Waals surface area contributed by atoms with Crippen LogP contribution in [0.1, 0.15) is 25.3 Å². The van der Waals surface area contributed by atoms with Gasteiger partial charge in [0.05, 0.1) is 6.61 Å². The summed E-state index contributed by atoms with van der Waals surface area (Å²) in [6.45, 7) is 4.86. The summed E-state index contributed by atoms with van der Waals surface area (Å²) in [5.74, 6) is 0.911. The van der Waals surface area contributed by atoms with Crippen LogP contribution in [0.4, 0.5) is 0 Å². The maximum Gasteiger partial charge on any atom is 0.119 e. The maximum absolute atomic E-state index is 8.64. The highest BCUT2D eigenvalue weighted by molar-refractivity contribution is 5.28. The van der Waals surface area contributed by atoms with Gasteiger partial charge in [0.15, 0.2) is 0 Å². The molecule has 90 valence electrons. The normalized spacial score (nSPS) is 10.4. The molecule has 16 heavy (non-hydrogen) atoms. The van der Waals surface area contributed by atoms with Crippen molar-refractivity contribution in [3.63, 3.8) is 0 Å². The van der Waals surface area contributed by atoms with Gasteiger partial charge in [-0.2, -0.15) is 0 Å². The van der Waals surface area contributed by atoms with Gasteiger partial charge in [0.1, 0.15) is 5.75 Å². The van der Waals surface area contributed by atoms with Crippen molar-refractivity contribution in [3.8, 4) is 5.75 Å². The number of unbranched alkanes of at least 4 members (excludes halogenated alkanes) is 1. The predicted molar refractivity (Wildman–Crippen MR) is 65.6 cm³/mol. The van der Waals surface area contributed by atoms with Gasteiger partial charge in [-0.05, 0) is 37.1 Å². The summed E-state index contributed by atoms with van der Waals surface area (Å²) in [6, 6.07) is 8.12. The Labute approximate surface area is 97.4 Å². The Bertz CT molecular complexity index is 289. The summed E-state index contributed by atoms with van der Waals surface area (Å²) in [6.07, 6.45) is 1.70. The first-order valence-electron chi connectivity index (χ1n) is 5.90. The van der Waals surface area contributed by atoms with Crippen LogP contribution in [0.25, 0.3) is 0 Å². The number of hydrogen-bond acceptors (Lipinski definition) is 3. The van der Waals surface area contributed by atoms with E-state index in [1.807, 2.05) is 12.1 Å². The molecule has 0 saturated heterocycles. The fourth-order valence-electron chi connectivity index (χ4n) is 1.42. The minimum Gasteiger partial charge on any atom is -0.494 e. The Morgan fingerprint density at radius 2 is 2.19 bits per heavy atom. The van der Waals surface area contributed by atoms with Crippen LogP contribution in [0.15, 0.2) is 24.3 Å². The van der Waals surface area contributed by atoms with Crippen LogP contribution in [0, 0.1) is 0 Å². The Morgan fingerprint density at radius 1 is 1.31 bits per heavy atom. The minimum atomic E-state index is 0.240. The van der Waals surface area contributed by atoms with E-state index in [0.29, 0.717) is 6.61 Å². The van der Waals surface area contributed by atoms with E-state index in [-0.39, 0.29) is 6.61 Å². The fraction of sp³-hybridized carbons (Fsp3) is 0.538. The van der Waals surface area contributed by atoms with E-state index in [0.717, 1.165) is 31.7 Å². The molecular weight excluding hydrogens is 202 g/mol. The van der Waals surface area contributed by atoms with Gasteiger partial charge in [-0.15, -0.1) is 0 Å². The number of hydrogen-bond donors (Lipinski definition) is 2. The van der Waals surface area contributed by atoms with E-state index in [9.17, 15) is 0 Å². The molecule has 0 radical (unpaired) electrons. The second-order valence-electron chi connectivity index (χ2n) is 3.71. The van der Waals surface area contributed by atoms with Crippen molar-refractivity contribution in [2.75, 3.05) is 19.8 Å². The monoisotopic (exact) mass is 223 g/mol. The Kier molecular flexibility index (Phi) is 6.61. The third-order valence-corrected chi connectivity index (χ3v) is 2.30. The smallest absolute Gasteiger partial charge is 0.119 e. The van der Waals surface area contributed by atoms with Crippen LogP contribution in [0.3, 0.4) is 0 Å². The molecule has 0 spiro atoms. The lowest BCUT2D eigenvalue weighted by Crippen LogP contribution is -2.11. The Hall–Kier alpha value is -1.06. The van der Waals surface area contributed by atoms with E-state index >= 15 is 0 Å². The average Bonchev–Trinajstić information content (AvgIpc) is 2.33. The predicted octanol–water partition coefficient (Wildman–Crippen LogP) is 1.95. The van der Waals surface area contributed by atoms with Gasteiger partial charge < -0.3 is 15.2 Å². The molecule has 0 saturated carbocycles. The SMILES string of the molecule is CCNCc1cccc(OCCCCO)c1. The fourth-order valence-corrected chi connectivity index (χ4v) is 1.42. The van der Waals surface area contributed by atoms with Crippen LogP contribution < -0.4 is 10.1 Å². The molecule has 0 unspecified atom stereocenters. The van der Waals surface area contributed by atoms with Gasteiger partial charge in [0.2, 0.25) is 0 Å². The summed E-state index contributed by atoms with van der Waals surface area (Å²) >= 11 is 0. The van der Waals surface area contributed by atoms with Crippen LogP contribution in [0.5, 0.6) is 5.75 Å². The maximum atomic E-state index is 8.64. The molecule has 0 fully saturated rings. The number of ether oxygens (including phenoxy) is 1. The van der Waals surface area contributed by atoms with Crippen molar-refractivity contribution >= 4 is 0 Å². The van der Waals surface area contributed by atoms with Crippen molar-refractivity contribution in [1.29, 1.82) is 0 Å². The van der Waals surface area contributed by atoms with Crippen LogP contribution in [-0.2, 0) is 6.54 Å². The lowest BCUT2D eigenvalue weighted by Gasteiger charge is -2.08. The molecule has 3 heteroatoms. The third kappa shape index (κ3) is 5.14. The van der Waals surface area contributed by atoms with Gasteiger partial charge in [-0.3, -0.25) is 0 Å². The Balaban J connectivity index is 2.35. The summed E-state index contributed by atoms with van der Waals surface area (Å²) in [5.41, 5.74) is 1.24. The van der Waals surface area contributed by atoms with Crippen LogP contribution in [0.2, 0.25) is 0 Å². The molecule has 0 atom stereocenters. The molecule has 2 N–H and O–H groups in total. The highest BCUT2D eigenvalue weighted by Crippen LogP contribution is 2.13. The number of aliphatic hydroxyl groups is 1.